The van der Waals surface area contributed by atoms with Gasteiger partial charge in [0.2, 0.25) is 0 Å². The van der Waals surface area contributed by atoms with Gasteiger partial charge in [0.25, 0.3) is 0 Å². The maximum atomic E-state index is 4.39. The monoisotopic (exact) mass is 208 g/mol. The zero-order valence-electron chi connectivity index (χ0n) is 8.88. The van der Waals surface area contributed by atoms with Gasteiger partial charge in [-0.3, -0.25) is 9.98 Å². The summed E-state index contributed by atoms with van der Waals surface area (Å²) < 4.78 is 0. The fourth-order valence-corrected chi connectivity index (χ4v) is 2.10. The lowest BCUT2D eigenvalue weighted by atomic mass is 9.95. The summed E-state index contributed by atoms with van der Waals surface area (Å²) in [6, 6.07) is 12.6. The van der Waals surface area contributed by atoms with Gasteiger partial charge in [0.05, 0.1) is 11.9 Å². The van der Waals surface area contributed by atoms with E-state index in [-0.39, 0.29) is 0 Å². The lowest BCUT2D eigenvalue weighted by Crippen LogP contribution is -2.00. The summed E-state index contributed by atoms with van der Waals surface area (Å²) >= 11 is 0. The Morgan fingerprint density at radius 3 is 2.81 bits per heavy atom. The van der Waals surface area contributed by atoms with Crippen LogP contribution in [0.25, 0.3) is 0 Å². The molecule has 78 valence electrons. The van der Waals surface area contributed by atoms with Gasteiger partial charge in [-0.25, -0.2) is 0 Å². The van der Waals surface area contributed by atoms with Gasteiger partial charge in [0, 0.05) is 18.3 Å². The van der Waals surface area contributed by atoms with Crippen molar-refractivity contribution in [1.82, 2.24) is 4.98 Å². The first-order valence-electron chi connectivity index (χ1n) is 5.45. The van der Waals surface area contributed by atoms with Crippen molar-refractivity contribution in [2.45, 2.75) is 12.3 Å². The number of benzene rings is 1. The normalized spacial score (nSPS) is 17.4. The van der Waals surface area contributed by atoms with Crippen LogP contribution in [0.4, 0.5) is 5.69 Å². The van der Waals surface area contributed by atoms with Crippen molar-refractivity contribution in [3.63, 3.8) is 0 Å². The topological polar surface area (TPSA) is 25.2 Å². The standard InChI is InChI=1S/C14H12N2/c1-2-4-11(5-3-1)8-12-9-16-14-10-15-7-6-13(12)14/h1-7,9-10,12H,8H2. The van der Waals surface area contributed by atoms with Gasteiger partial charge in [-0.1, -0.05) is 30.3 Å². The van der Waals surface area contributed by atoms with E-state index in [9.17, 15) is 0 Å². The van der Waals surface area contributed by atoms with Gasteiger partial charge < -0.3 is 0 Å². The minimum atomic E-state index is 0.403. The molecule has 0 N–H and O–H groups in total. The third-order valence-electron chi connectivity index (χ3n) is 2.92. The molecular formula is C14H12N2. The summed E-state index contributed by atoms with van der Waals surface area (Å²) in [6.07, 6.45) is 6.71. The van der Waals surface area contributed by atoms with Crippen molar-refractivity contribution in [3.8, 4) is 0 Å². The molecule has 1 aromatic carbocycles. The van der Waals surface area contributed by atoms with Gasteiger partial charge in [0.15, 0.2) is 0 Å². The van der Waals surface area contributed by atoms with Crippen LogP contribution in [0.5, 0.6) is 0 Å². The number of fused-ring (bicyclic) bond motifs is 1. The van der Waals surface area contributed by atoms with Gasteiger partial charge >= 0.3 is 0 Å². The van der Waals surface area contributed by atoms with E-state index in [0.29, 0.717) is 5.92 Å². The lowest BCUT2D eigenvalue weighted by molar-refractivity contribution is 0.909. The predicted molar refractivity (Wildman–Crippen MR) is 65.3 cm³/mol. The molecule has 3 rings (SSSR count). The molecule has 2 heteroatoms. The molecule has 0 spiro atoms. The van der Waals surface area contributed by atoms with E-state index in [1.54, 1.807) is 0 Å². The van der Waals surface area contributed by atoms with E-state index in [2.05, 4.69) is 40.3 Å². The number of hydrogen-bond acceptors (Lipinski definition) is 2. The Morgan fingerprint density at radius 1 is 1.06 bits per heavy atom. The maximum Gasteiger partial charge on any atom is 0.0847 e. The molecular weight excluding hydrogens is 196 g/mol. The van der Waals surface area contributed by atoms with Crippen LogP contribution in [0.3, 0.4) is 0 Å². The first kappa shape index (κ1) is 9.28. The fraction of sp³-hybridized carbons (Fsp3) is 0.143. The maximum absolute atomic E-state index is 4.39. The molecule has 0 bridgehead atoms. The van der Waals surface area contributed by atoms with E-state index >= 15 is 0 Å². The SMILES string of the molecule is C1=Nc2cnccc2C1Cc1ccccc1. The van der Waals surface area contributed by atoms with Crippen molar-refractivity contribution >= 4 is 11.9 Å². The van der Waals surface area contributed by atoms with Crippen LogP contribution in [0.1, 0.15) is 17.0 Å². The summed E-state index contributed by atoms with van der Waals surface area (Å²) in [5, 5.41) is 0. The van der Waals surface area contributed by atoms with E-state index in [1.165, 1.54) is 11.1 Å². The summed E-state index contributed by atoms with van der Waals surface area (Å²) in [6.45, 7) is 0. The highest BCUT2D eigenvalue weighted by atomic mass is 14.8. The molecule has 1 aromatic heterocycles. The van der Waals surface area contributed by atoms with Crippen molar-refractivity contribution in [2.24, 2.45) is 4.99 Å². The van der Waals surface area contributed by atoms with E-state index in [0.717, 1.165) is 12.1 Å². The molecule has 0 fully saturated rings. The summed E-state index contributed by atoms with van der Waals surface area (Å²) in [7, 11) is 0. The molecule has 1 atom stereocenters. The molecule has 2 heterocycles. The van der Waals surface area contributed by atoms with E-state index < -0.39 is 0 Å². The van der Waals surface area contributed by atoms with Crippen LogP contribution in [0.15, 0.2) is 53.8 Å². The highest BCUT2D eigenvalue weighted by Crippen LogP contribution is 2.32. The smallest absolute Gasteiger partial charge is 0.0847 e. The average molecular weight is 208 g/mol. The number of aliphatic imine (C=N–C) groups is 1. The van der Waals surface area contributed by atoms with Gasteiger partial charge in [-0.2, -0.15) is 0 Å². The largest absolute Gasteiger partial charge is 0.262 e. The van der Waals surface area contributed by atoms with Crippen LogP contribution in [-0.4, -0.2) is 11.2 Å². The first-order valence-corrected chi connectivity index (χ1v) is 5.45. The van der Waals surface area contributed by atoms with Crippen molar-refractivity contribution < 1.29 is 0 Å². The Hall–Kier alpha value is -1.96. The Kier molecular flexibility index (Phi) is 2.26. The van der Waals surface area contributed by atoms with Crippen LogP contribution >= 0.6 is 0 Å². The first-order chi connectivity index (χ1) is 7.93. The molecule has 0 radical (unpaired) electrons. The summed E-state index contributed by atoms with van der Waals surface area (Å²) in [5.74, 6) is 0.403. The lowest BCUT2D eigenvalue weighted by Gasteiger charge is -2.08. The Bertz CT molecular complexity index is 517. The molecule has 0 amide bonds. The second kappa shape index (κ2) is 3.89. The van der Waals surface area contributed by atoms with Crippen molar-refractivity contribution in [2.75, 3.05) is 0 Å². The number of aromatic nitrogens is 1. The predicted octanol–water partition coefficient (Wildman–Crippen LogP) is 3.12. The second-order valence-electron chi connectivity index (χ2n) is 4.01. The Balaban J connectivity index is 1.87. The van der Waals surface area contributed by atoms with E-state index in [4.69, 9.17) is 0 Å². The zero-order valence-corrected chi connectivity index (χ0v) is 8.88. The van der Waals surface area contributed by atoms with Gasteiger partial charge in [0.1, 0.15) is 0 Å². The third-order valence-corrected chi connectivity index (χ3v) is 2.92. The number of rotatable bonds is 2. The molecule has 0 saturated heterocycles. The zero-order chi connectivity index (χ0) is 10.8. The molecule has 2 nitrogen and oxygen atoms in total. The molecule has 1 unspecified atom stereocenters. The van der Waals surface area contributed by atoms with Gasteiger partial charge in [-0.15, -0.1) is 0 Å². The third kappa shape index (κ3) is 1.63. The number of pyridine rings is 1. The highest BCUT2D eigenvalue weighted by molar-refractivity contribution is 5.80. The van der Waals surface area contributed by atoms with E-state index in [1.807, 2.05) is 24.7 Å². The summed E-state index contributed by atoms with van der Waals surface area (Å²) in [5.41, 5.74) is 3.66. The van der Waals surface area contributed by atoms with Crippen molar-refractivity contribution in [3.05, 3.63) is 59.9 Å². The molecule has 16 heavy (non-hydrogen) atoms. The van der Waals surface area contributed by atoms with Crippen molar-refractivity contribution in [1.29, 1.82) is 0 Å². The van der Waals surface area contributed by atoms with Crippen LogP contribution < -0.4 is 0 Å². The van der Waals surface area contributed by atoms with Crippen LogP contribution in [-0.2, 0) is 6.42 Å². The molecule has 1 aliphatic rings. The van der Waals surface area contributed by atoms with Gasteiger partial charge in [-0.05, 0) is 23.6 Å². The molecule has 1 aliphatic heterocycles. The minimum absolute atomic E-state index is 0.403. The average Bonchev–Trinajstić information content (AvgIpc) is 2.74. The summed E-state index contributed by atoms with van der Waals surface area (Å²) in [4.78, 5) is 8.47. The highest BCUT2D eigenvalue weighted by Gasteiger charge is 2.18. The minimum Gasteiger partial charge on any atom is -0.262 e. The Morgan fingerprint density at radius 2 is 1.94 bits per heavy atom. The molecule has 2 aromatic rings. The Labute approximate surface area is 94.7 Å². The molecule has 0 saturated carbocycles. The second-order valence-corrected chi connectivity index (χ2v) is 4.01. The fourth-order valence-electron chi connectivity index (χ4n) is 2.10. The quantitative estimate of drug-likeness (QED) is 0.744. The van der Waals surface area contributed by atoms with Crippen LogP contribution in [0, 0.1) is 0 Å². The van der Waals surface area contributed by atoms with Crippen LogP contribution in [0.2, 0.25) is 0 Å². The number of nitrogens with zero attached hydrogens (tertiary/aromatic N) is 2. The molecule has 0 aliphatic carbocycles. The number of hydrogen-bond donors (Lipinski definition) is 0.